The highest BCUT2D eigenvalue weighted by molar-refractivity contribution is 6.02. The van der Waals surface area contributed by atoms with Crippen molar-refractivity contribution in [3.05, 3.63) is 34.9 Å². The van der Waals surface area contributed by atoms with Gasteiger partial charge in [0.1, 0.15) is 6.04 Å². The van der Waals surface area contributed by atoms with E-state index < -0.39 is 36.9 Å². The van der Waals surface area contributed by atoms with E-state index in [1.165, 1.54) is 12.1 Å². The van der Waals surface area contributed by atoms with Crippen molar-refractivity contribution in [3.63, 3.8) is 0 Å². The molecule has 0 spiro atoms. The van der Waals surface area contributed by atoms with Crippen LogP contribution in [0.15, 0.2) is 18.2 Å². The summed E-state index contributed by atoms with van der Waals surface area (Å²) in [7, 11) is 0. The van der Waals surface area contributed by atoms with Gasteiger partial charge < -0.3 is 10.8 Å². The van der Waals surface area contributed by atoms with Crippen LogP contribution in [0.1, 0.15) is 26.3 Å². The lowest BCUT2D eigenvalue weighted by Crippen LogP contribution is -2.32. The van der Waals surface area contributed by atoms with Crippen LogP contribution in [0.5, 0.6) is 0 Å². The zero-order valence-corrected chi connectivity index (χ0v) is 10.4. The molecule has 108 valence electrons. The van der Waals surface area contributed by atoms with Crippen LogP contribution in [0.3, 0.4) is 0 Å². The Bertz CT molecular complexity index is 511. The number of nitrogens with two attached hydrogens (primary N) is 1. The summed E-state index contributed by atoms with van der Waals surface area (Å²) in [5.74, 6) is -3.00. The second-order valence-electron chi connectivity index (χ2n) is 4.18. The van der Waals surface area contributed by atoms with Gasteiger partial charge in [0.25, 0.3) is 0 Å². The van der Waals surface area contributed by atoms with Gasteiger partial charge in [0.15, 0.2) is 24.9 Å². The Kier molecular flexibility index (Phi) is 5.45. The molecular formula is C13H13F2NO4. The lowest BCUT2D eigenvalue weighted by atomic mass is 9.97. The summed E-state index contributed by atoms with van der Waals surface area (Å²) >= 11 is 0. The van der Waals surface area contributed by atoms with Crippen LogP contribution in [0, 0.1) is 0 Å². The Morgan fingerprint density at radius 3 is 1.85 bits per heavy atom. The SMILES string of the molecule is N[C@@H](Cc1cc(C(=O)CF)cc(C(=O)CF)c1)C(=O)O. The molecule has 0 unspecified atom stereocenters. The van der Waals surface area contributed by atoms with Gasteiger partial charge in [-0.2, -0.15) is 0 Å². The highest BCUT2D eigenvalue weighted by Crippen LogP contribution is 2.14. The number of carbonyl (C=O) groups excluding carboxylic acids is 2. The number of halogens is 2. The Labute approximate surface area is 113 Å². The first kappa shape index (κ1) is 15.9. The molecule has 1 aromatic carbocycles. The van der Waals surface area contributed by atoms with Crippen LogP contribution in [-0.4, -0.2) is 42.0 Å². The third-order valence-electron chi connectivity index (χ3n) is 2.65. The van der Waals surface area contributed by atoms with Gasteiger partial charge in [-0.05, 0) is 30.2 Å². The van der Waals surface area contributed by atoms with Gasteiger partial charge in [-0.1, -0.05) is 0 Å². The van der Waals surface area contributed by atoms with E-state index in [4.69, 9.17) is 10.8 Å². The van der Waals surface area contributed by atoms with Crippen molar-refractivity contribution in [2.75, 3.05) is 13.3 Å². The number of carbonyl (C=O) groups is 3. The van der Waals surface area contributed by atoms with Gasteiger partial charge in [0, 0.05) is 11.1 Å². The van der Waals surface area contributed by atoms with Crippen LogP contribution in [-0.2, 0) is 11.2 Å². The third kappa shape index (κ3) is 3.92. The fraction of sp³-hybridized carbons (Fsp3) is 0.308. The molecule has 1 rings (SSSR count). The first-order valence-corrected chi connectivity index (χ1v) is 5.69. The number of ketones is 2. The van der Waals surface area contributed by atoms with Gasteiger partial charge in [0.2, 0.25) is 0 Å². The standard InChI is InChI=1S/C13H13F2NO4/c14-5-11(17)8-1-7(3-10(16)13(19)20)2-9(4-8)12(18)6-15/h1-2,4,10H,3,5-6,16H2,(H,19,20)/t10-/m0/s1. The lowest BCUT2D eigenvalue weighted by molar-refractivity contribution is -0.138. The number of hydrogen-bond acceptors (Lipinski definition) is 4. The van der Waals surface area contributed by atoms with Crippen LogP contribution < -0.4 is 5.73 Å². The molecule has 7 heteroatoms. The minimum atomic E-state index is -1.27. The van der Waals surface area contributed by atoms with E-state index in [1.807, 2.05) is 0 Å². The van der Waals surface area contributed by atoms with E-state index in [1.54, 1.807) is 0 Å². The first-order valence-electron chi connectivity index (χ1n) is 5.69. The fourth-order valence-electron chi connectivity index (χ4n) is 1.63. The highest BCUT2D eigenvalue weighted by atomic mass is 19.1. The minimum absolute atomic E-state index is 0.112. The highest BCUT2D eigenvalue weighted by Gasteiger charge is 2.17. The molecule has 0 amide bonds. The molecule has 0 heterocycles. The largest absolute Gasteiger partial charge is 0.480 e. The molecule has 0 radical (unpaired) electrons. The summed E-state index contributed by atoms with van der Waals surface area (Å²) < 4.78 is 24.8. The predicted octanol–water partition coefficient (Wildman–Crippen LogP) is 0.945. The molecule has 5 nitrogen and oxygen atoms in total. The molecule has 0 bridgehead atoms. The second kappa shape index (κ2) is 6.85. The van der Waals surface area contributed by atoms with Gasteiger partial charge in [-0.3, -0.25) is 14.4 Å². The van der Waals surface area contributed by atoms with E-state index in [-0.39, 0.29) is 23.1 Å². The molecule has 1 aromatic rings. The molecule has 0 fully saturated rings. The van der Waals surface area contributed by atoms with Crippen LogP contribution >= 0.6 is 0 Å². The smallest absolute Gasteiger partial charge is 0.320 e. The summed E-state index contributed by atoms with van der Waals surface area (Å²) in [6.07, 6.45) is -0.157. The van der Waals surface area contributed by atoms with E-state index in [2.05, 4.69) is 0 Å². The average Bonchev–Trinajstić information content (AvgIpc) is 2.44. The Morgan fingerprint density at radius 1 is 1.05 bits per heavy atom. The van der Waals surface area contributed by atoms with Gasteiger partial charge >= 0.3 is 5.97 Å². The van der Waals surface area contributed by atoms with E-state index >= 15 is 0 Å². The maximum absolute atomic E-state index is 12.4. The molecule has 0 saturated carbocycles. The van der Waals surface area contributed by atoms with Crippen LogP contribution in [0.4, 0.5) is 8.78 Å². The Morgan fingerprint density at radius 2 is 1.50 bits per heavy atom. The number of carboxylic acids is 1. The Hall–Kier alpha value is -2.15. The molecule has 0 aliphatic rings. The van der Waals surface area contributed by atoms with Gasteiger partial charge in [-0.25, -0.2) is 8.78 Å². The molecule has 0 saturated heterocycles. The van der Waals surface area contributed by atoms with Crippen molar-refractivity contribution in [2.45, 2.75) is 12.5 Å². The molecule has 0 aliphatic carbocycles. The van der Waals surface area contributed by atoms with E-state index in [0.29, 0.717) is 0 Å². The van der Waals surface area contributed by atoms with Gasteiger partial charge in [0.05, 0.1) is 0 Å². The topological polar surface area (TPSA) is 97.5 Å². The van der Waals surface area contributed by atoms with Crippen molar-refractivity contribution in [1.82, 2.24) is 0 Å². The summed E-state index contributed by atoms with van der Waals surface area (Å²) in [6, 6.07) is 2.35. The summed E-state index contributed by atoms with van der Waals surface area (Å²) in [5, 5.41) is 8.71. The maximum Gasteiger partial charge on any atom is 0.320 e. The quantitative estimate of drug-likeness (QED) is 0.727. The number of hydrogen-bond donors (Lipinski definition) is 2. The fourth-order valence-corrected chi connectivity index (χ4v) is 1.63. The van der Waals surface area contributed by atoms with Gasteiger partial charge in [-0.15, -0.1) is 0 Å². The summed E-state index contributed by atoms with van der Waals surface area (Å²) in [5.41, 5.74) is 5.39. The van der Waals surface area contributed by atoms with Crippen molar-refractivity contribution in [3.8, 4) is 0 Å². The van der Waals surface area contributed by atoms with Crippen LogP contribution in [0.2, 0.25) is 0 Å². The number of alkyl halides is 2. The monoisotopic (exact) mass is 285 g/mol. The molecule has 1 atom stereocenters. The zero-order valence-electron chi connectivity index (χ0n) is 10.4. The number of carboxylic acid groups (broad SMARTS) is 1. The molecule has 20 heavy (non-hydrogen) atoms. The molecule has 3 N–H and O–H groups in total. The summed E-state index contributed by atoms with van der Waals surface area (Å²) in [6.45, 7) is -2.53. The number of Topliss-reactive ketones (excluding diaryl/α,β-unsaturated/α-hetero) is 2. The zero-order chi connectivity index (χ0) is 15.3. The van der Waals surface area contributed by atoms with Crippen molar-refractivity contribution in [2.24, 2.45) is 5.73 Å². The molecule has 0 aliphatic heterocycles. The third-order valence-corrected chi connectivity index (χ3v) is 2.65. The maximum atomic E-state index is 12.4. The van der Waals surface area contributed by atoms with Crippen molar-refractivity contribution >= 4 is 17.5 Å². The minimum Gasteiger partial charge on any atom is -0.480 e. The number of aliphatic carboxylic acids is 1. The van der Waals surface area contributed by atoms with E-state index in [9.17, 15) is 23.2 Å². The van der Waals surface area contributed by atoms with E-state index in [0.717, 1.165) is 6.07 Å². The summed E-state index contributed by atoms with van der Waals surface area (Å²) in [4.78, 5) is 33.3. The average molecular weight is 285 g/mol. The Balaban J connectivity index is 3.19. The lowest BCUT2D eigenvalue weighted by Gasteiger charge is -2.10. The molecular weight excluding hydrogens is 272 g/mol. The van der Waals surface area contributed by atoms with Crippen LogP contribution in [0.25, 0.3) is 0 Å². The van der Waals surface area contributed by atoms with Crippen molar-refractivity contribution < 1.29 is 28.3 Å². The normalized spacial score (nSPS) is 11.9. The predicted molar refractivity (Wildman–Crippen MR) is 66.4 cm³/mol. The van der Waals surface area contributed by atoms with Crippen molar-refractivity contribution in [1.29, 1.82) is 0 Å². The number of rotatable bonds is 7. The molecule has 0 aromatic heterocycles. The number of benzene rings is 1. The second-order valence-corrected chi connectivity index (χ2v) is 4.18. The first-order chi connectivity index (χ1) is 9.38.